The van der Waals surface area contributed by atoms with Crippen LogP contribution in [0.25, 0.3) is 0 Å². The second-order valence-corrected chi connectivity index (χ2v) is 4.00. The van der Waals surface area contributed by atoms with Crippen LogP contribution in [0, 0.1) is 0 Å². The monoisotopic (exact) mass is 282 g/mol. The zero-order valence-electron chi connectivity index (χ0n) is 11.1. The first-order chi connectivity index (χ1) is 9.69. The van der Waals surface area contributed by atoms with Crippen molar-refractivity contribution in [3.05, 3.63) is 35.4 Å². The van der Waals surface area contributed by atoms with Crippen LogP contribution < -0.4 is 0 Å². The van der Waals surface area contributed by atoms with Gasteiger partial charge in [-0.15, -0.1) is 0 Å². The fourth-order valence-electron chi connectivity index (χ4n) is 1.37. The van der Waals surface area contributed by atoms with Crippen molar-refractivity contribution in [2.45, 2.75) is 12.8 Å². The molecule has 0 bridgehead atoms. The van der Waals surface area contributed by atoms with Gasteiger partial charge in [0.2, 0.25) is 0 Å². The maximum atomic E-state index is 11.6. The minimum Gasteiger partial charge on any atom is -0.462 e. The van der Waals surface area contributed by atoms with Gasteiger partial charge in [-0.3, -0.25) is 0 Å². The lowest BCUT2D eigenvalue weighted by Crippen LogP contribution is -2.10. The normalized spacial score (nSPS) is 10.1. The third-order valence-corrected chi connectivity index (χ3v) is 2.43. The van der Waals surface area contributed by atoms with Crippen LogP contribution in [0.3, 0.4) is 0 Å². The Kier molecular flexibility index (Phi) is 7.31. The Morgan fingerprint density at radius 3 is 1.45 bits per heavy atom. The molecule has 1 aromatic rings. The summed E-state index contributed by atoms with van der Waals surface area (Å²) in [5, 5.41) is 17.2. The summed E-state index contributed by atoms with van der Waals surface area (Å²) in [5.74, 6) is -1.00. The topological polar surface area (TPSA) is 93.1 Å². The van der Waals surface area contributed by atoms with Gasteiger partial charge in [-0.25, -0.2) is 9.59 Å². The van der Waals surface area contributed by atoms with Crippen LogP contribution in [0.5, 0.6) is 0 Å². The molecule has 0 amide bonds. The molecule has 0 saturated heterocycles. The molecule has 0 aliphatic rings. The summed E-state index contributed by atoms with van der Waals surface area (Å²) in [6.07, 6.45) is 0.780. The van der Waals surface area contributed by atoms with Gasteiger partial charge < -0.3 is 19.7 Å². The van der Waals surface area contributed by atoms with Crippen molar-refractivity contribution in [3.8, 4) is 0 Å². The molecule has 0 saturated carbocycles. The fraction of sp³-hybridized carbons (Fsp3) is 0.429. The van der Waals surface area contributed by atoms with Gasteiger partial charge in [-0.2, -0.15) is 0 Å². The van der Waals surface area contributed by atoms with E-state index in [4.69, 9.17) is 19.7 Å². The van der Waals surface area contributed by atoms with E-state index in [9.17, 15) is 9.59 Å². The van der Waals surface area contributed by atoms with E-state index in [1.807, 2.05) is 0 Å². The molecule has 0 fully saturated rings. The standard InChI is InChI=1S/C14H18O6/c15-7-1-9-19-13(17)11-3-5-12(6-4-11)14(18)20-10-2-8-16/h3-6,15-16H,1-2,7-10H2. The summed E-state index contributed by atoms with van der Waals surface area (Å²) in [5.41, 5.74) is 0.657. The number of esters is 2. The molecule has 6 heteroatoms. The van der Waals surface area contributed by atoms with Crippen molar-refractivity contribution in [2.24, 2.45) is 0 Å². The third kappa shape index (κ3) is 5.38. The quantitative estimate of drug-likeness (QED) is 0.540. The van der Waals surface area contributed by atoms with Crippen LogP contribution in [-0.2, 0) is 9.47 Å². The Balaban J connectivity index is 2.50. The number of aliphatic hydroxyl groups is 2. The summed E-state index contributed by atoms with van der Waals surface area (Å²) >= 11 is 0. The van der Waals surface area contributed by atoms with E-state index in [0.29, 0.717) is 24.0 Å². The number of hydrogen-bond acceptors (Lipinski definition) is 6. The molecule has 0 unspecified atom stereocenters. The van der Waals surface area contributed by atoms with Crippen molar-refractivity contribution in [1.82, 2.24) is 0 Å². The molecular weight excluding hydrogens is 264 g/mol. The Morgan fingerprint density at radius 2 is 1.15 bits per heavy atom. The average molecular weight is 282 g/mol. The van der Waals surface area contributed by atoms with E-state index in [2.05, 4.69) is 0 Å². The van der Waals surface area contributed by atoms with Gasteiger partial charge >= 0.3 is 11.9 Å². The molecule has 0 heterocycles. The van der Waals surface area contributed by atoms with Crippen molar-refractivity contribution < 1.29 is 29.3 Å². The first-order valence-corrected chi connectivity index (χ1v) is 6.35. The molecule has 1 rings (SSSR count). The van der Waals surface area contributed by atoms with Crippen LogP contribution in [0.2, 0.25) is 0 Å². The van der Waals surface area contributed by atoms with Crippen LogP contribution in [0.15, 0.2) is 24.3 Å². The predicted molar refractivity (Wildman–Crippen MR) is 70.4 cm³/mol. The largest absolute Gasteiger partial charge is 0.462 e. The van der Waals surface area contributed by atoms with Crippen molar-refractivity contribution in [3.63, 3.8) is 0 Å². The van der Waals surface area contributed by atoms with Crippen LogP contribution in [0.4, 0.5) is 0 Å². The van der Waals surface area contributed by atoms with E-state index in [1.165, 1.54) is 24.3 Å². The first kappa shape index (κ1) is 16.1. The summed E-state index contributed by atoms with van der Waals surface area (Å²) in [6.45, 7) is 0.234. The van der Waals surface area contributed by atoms with Gasteiger partial charge in [0.25, 0.3) is 0 Å². The van der Waals surface area contributed by atoms with Crippen molar-refractivity contribution >= 4 is 11.9 Å². The molecular formula is C14H18O6. The molecule has 1 aromatic carbocycles. The number of hydrogen-bond donors (Lipinski definition) is 2. The number of rotatable bonds is 8. The second-order valence-electron chi connectivity index (χ2n) is 4.00. The van der Waals surface area contributed by atoms with Gasteiger partial charge in [0.15, 0.2) is 0 Å². The predicted octanol–water partition coefficient (Wildman–Crippen LogP) is 0.765. The summed E-state index contributed by atoms with van der Waals surface area (Å²) in [7, 11) is 0. The number of carbonyl (C=O) groups excluding carboxylic acids is 2. The van der Waals surface area contributed by atoms with E-state index in [1.54, 1.807) is 0 Å². The van der Waals surface area contributed by atoms with E-state index < -0.39 is 11.9 Å². The molecule has 6 nitrogen and oxygen atoms in total. The highest BCUT2D eigenvalue weighted by Gasteiger charge is 2.10. The lowest BCUT2D eigenvalue weighted by molar-refractivity contribution is 0.0466. The minimum atomic E-state index is -0.501. The zero-order valence-corrected chi connectivity index (χ0v) is 11.1. The number of benzene rings is 1. The van der Waals surface area contributed by atoms with Crippen molar-refractivity contribution in [1.29, 1.82) is 0 Å². The van der Waals surface area contributed by atoms with Gasteiger partial charge in [0.05, 0.1) is 24.3 Å². The third-order valence-electron chi connectivity index (χ3n) is 2.43. The summed E-state index contributed by atoms with van der Waals surface area (Å²) in [4.78, 5) is 23.1. The summed E-state index contributed by atoms with van der Waals surface area (Å²) in [6, 6.07) is 5.90. The maximum absolute atomic E-state index is 11.6. The van der Waals surface area contributed by atoms with E-state index in [0.717, 1.165) is 0 Å². The Labute approximate surface area is 116 Å². The second kappa shape index (κ2) is 9.06. The highest BCUT2D eigenvalue weighted by molar-refractivity contribution is 5.93. The Bertz CT molecular complexity index is 385. The Morgan fingerprint density at radius 1 is 0.800 bits per heavy atom. The Hall–Kier alpha value is -1.92. The molecule has 0 spiro atoms. The van der Waals surface area contributed by atoms with Gasteiger partial charge in [0.1, 0.15) is 0 Å². The van der Waals surface area contributed by atoms with Crippen LogP contribution in [0.1, 0.15) is 33.6 Å². The van der Waals surface area contributed by atoms with Crippen LogP contribution in [-0.4, -0.2) is 48.6 Å². The fourth-order valence-corrected chi connectivity index (χ4v) is 1.37. The molecule has 0 aromatic heterocycles. The highest BCUT2D eigenvalue weighted by Crippen LogP contribution is 2.08. The van der Waals surface area contributed by atoms with Gasteiger partial charge in [0, 0.05) is 26.1 Å². The van der Waals surface area contributed by atoms with E-state index in [-0.39, 0.29) is 26.4 Å². The number of carbonyl (C=O) groups is 2. The SMILES string of the molecule is O=C(OCCCO)c1ccc(C(=O)OCCCO)cc1. The lowest BCUT2D eigenvalue weighted by Gasteiger charge is -2.06. The van der Waals surface area contributed by atoms with E-state index >= 15 is 0 Å². The highest BCUT2D eigenvalue weighted by atomic mass is 16.5. The lowest BCUT2D eigenvalue weighted by atomic mass is 10.1. The molecule has 0 aliphatic carbocycles. The zero-order chi connectivity index (χ0) is 14.8. The molecule has 20 heavy (non-hydrogen) atoms. The maximum Gasteiger partial charge on any atom is 0.338 e. The molecule has 0 radical (unpaired) electrons. The molecule has 0 atom stereocenters. The summed E-state index contributed by atoms with van der Waals surface area (Å²) < 4.78 is 9.81. The molecule has 0 aliphatic heterocycles. The first-order valence-electron chi connectivity index (χ1n) is 6.35. The van der Waals surface area contributed by atoms with Crippen molar-refractivity contribution in [2.75, 3.05) is 26.4 Å². The number of ether oxygens (including phenoxy) is 2. The van der Waals surface area contributed by atoms with Crippen LogP contribution >= 0.6 is 0 Å². The number of aliphatic hydroxyl groups excluding tert-OH is 2. The van der Waals surface area contributed by atoms with Gasteiger partial charge in [-0.05, 0) is 24.3 Å². The molecule has 2 N–H and O–H groups in total. The minimum absolute atomic E-state index is 0.0358. The average Bonchev–Trinajstić information content (AvgIpc) is 2.47. The smallest absolute Gasteiger partial charge is 0.338 e. The van der Waals surface area contributed by atoms with Gasteiger partial charge in [-0.1, -0.05) is 0 Å². The molecule has 110 valence electrons.